The highest BCUT2D eigenvalue weighted by Crippen LogP contribution is 2.32. The third-order valence-electron chi connectivity index (χ3n) is 4.12. The van der Waals surface area contributed by atoms with Crippen LogP contribution in [0.5, 0.6) is 0 Å². The van der Waals surface area contributed by atoms with Gasteiger partial charge in [-0.2, -0.15) is 5.26 Å². The van der Waals surface area contributed by atoms with E-state index in [1.807, 2.05) is 23.9 Å². The Balaban J connectivity index is 1.83. The minimum absolute atomic E-state index is 0.428. The van der Waals surface area contributed by atoms with Crippen LogP contribution in [0.3, 0.4) is 0 Å². The Bertz CT molecular complexity index is 466. The van der Waals surface area contributed by atoms with Gasteiger partial charge in [-0.15, -0.1) is 0 Å². The minimum Gasteiger partial charge on any atom is -0.390 e. The number of rotatable bonds is 5. The maximum absolute atomic E-state index is 10.3. The van der Waals surface area contributed by atoms with Crippen molar-refractivity contribution in [3.05, 3.63) is 23.5 Å². The molecule has 1 aromatic rings. The number of aliphatic hydroxyl groups is 1. The van der Waals surface area contributed by atoms with Crippen molar-refractivity contribution in [3.63, 3.8) is 0 Å². The van der Waals surface area contributed by atoms with E-state index in [2.05, 4.69) is 18.0 Å². The van der Waals surface area contributed by atoms with Crippen molar-refractivity contribution >= 4 is 0 Å². The molecule has 0 aliphatic heterocycles. The molecule has 2 rings (SSSR count). The fourth-order valence-corrected chi connectivity index (χ4v) is 2.90. The number of nitriles is 1. The first-order valence-corrected chi connectivity index (χ1v) is 6.99. The molecule has 0 saturated heterocycles. The van der Waals surface area contributed by atoms with Gasteiger partial charge in [0.1, 0.15) is 11.8 Å². The van der Waals surface area contributed by atoms with Crippen molar-refractivity contribution in [1.82, 2.24) is 9.47 Å². The molecule has 1 heterocycles. The van der Waals surface area contributed by atoms with Crippen molar-refractivity contribution in [2.24, 2.45) is 7.05 Å². The van der Waals surface area contributed by atoms with E-state index < -0.39 is 5.60 Å². The van der Waals surface area contributed by atoms with Gasteiger partial charge in [-0.05, 0) is 37.9 Å². The van der Waals surface area contributed by atoms with E-state index in [4.69, 9.17) is 5.26 Å². The lowest BCUT2D eigenvalue weighted by atomic mass is 9.98. The van der Waals surface area contributed by atoms with Crippen LogP contribution in [0, 0.1) is 11.3 Å². The van der Waals surface area contributed by atoms with Gasteiger partial charge in [0, 0.05) is 26.3 Å². The van der Waals surface area contributed by atoms with E-state index in [0.29, 0.717) is 5.69 Å². The molecular weight excluding hydrogens is 238 g/mol. The van der Waals surface area contributed by atoms with Crippen molar-refractivity contribution in [2.75, 3.05) is 13.6 Å². The van der Waals surface area contributed by atoms with E-state index >= 15 is 0 Å². The van der Waals surface area contributed by atoms with Gasteiger partial charge in [0.2, 0.25) is 0 Å². The molecule has 1 aromatic heterocycles. The highest BCUT2D eigenvalue weighted by Gasteiger charge is 2.30. The van der Waals surface area contributed by atoms with Gasteiger partial charge in [-0.1, -0.05) is 12.8 Å². The Kier molecular flexibility index (Phi) is 4.28. The molecule has 1 aliphatic rings. The second-order valence-corrected chi connectivity index (χ2v) is 5.88. The number of hydrogen-bond donors (Lipinski definition) is 1. The third-order valence-corrected chi connectivity index (χ3v) is 4.12. The van der Waals surface area contributed by atoms with Gasteiger partial charge < -0.3 is 14.6 Å². The smallest absolute Gasteiger partial charge is 0.120 e. The van der Waals surface area contributed by atoms with Gasteiger partial charge in [-0.3, -0.25) is 0 Å². The molecule has 4 heteroatoms. The van der Waals surface area contributed by atoms with Crippen LogP contribution in [-0.4, -0.2) is 33.8 Å². The summed E-state index contributed by atoms with van der Waals surface area (Å²) in [5, 5.41) is 19.2. The average Bonchev–Trinajstić information content (AvgIpc) is 2.94. The first-order chi connectivity index (χ1) is 9.02. The van der Waals surface area contributed by atoms with Crippen LogP contribution in [0.15, 0.2) is 12.3 Å². The Morgan fingerprint density at radius 1 is 1.47 bits per heavy atom. The van der Waals surface area contributed by atoms with E-state index in [1.54, 1.807) is 0 Å². The van der Waals surface area contributed by atoms with Gasteiger partial charge in [-0.25, -0.2) is 0 Å². The summed E-state index contributed by atoms with van der Waals surface area (Å²) in [4.78, 5) is 2.22. The number of aromatic nitrogens is 1. The van der Waals surface area contributed by atoms with Gasteiger partial charge in [0.25, 0.3) is 0 Å². The van der Waals surface area contributed by atoms with Crippen LogP contribution in [0.1, 0.15) is 43.4 Å². The molecule has 0 aromatic carbocycles. The Hall–Kier alpha value is -1.31. The van der Waals surface area contributed by atoms with Crippen LogP contribution < -0.4 is 0 Å². The van der Waals surface area contributed by atoms with Crippen molar-refractivity contribution < 1.29 is 5.11 Å². The normalized spacial score (nSPS) is 17.8. The Morgan fingerprint density at radius 3 is 2.74 bits per heavy atom. The van der Waals surface area contributed by atoms with Gasteiger partial charge in [0.05, 0.1) is 5.60 Å². The zero-order valence-corrected chi connectivity index (χ0v) is 11.9. The lowest BCUT2D eigenvalue weighted by Crippen LogP contribution is -2.30. The van der Waals surface area contributed by atoms with Gasteiger partial charge in [0.15, 0.2) is 0 Å². The van der Waals surface area contributed by atoms with Crippen LogP contribution in [0.25, 0.3) is 0 Å². The lowest BCUT2D eigenvalue weighted by Gasteiger charge is -2.25. The molecule has 0 spiro atoms. The average molecular weight is 261 g/mol. The molecule has 1 saturated carbocycles. The maximum Gasteiger partial charge on any atom is 0.120 e. The van der Waals surface area contributed by atoms with E-state index in [-0.39, 0.29) is 0 Å². The molecule has 0 radical (unpaired) electrons. The topological polar surface area (TPSA) is 52.2 Å². The molecule has 19 heavy (non-hydrogen) atoms. The first kappa shape index (κ1) is 14.1. The predicted molar refractivity (Wildman–Crippen MR) is 74.5 cm³/mol. The standard InChI is InChI=1S/C15H23N3O/c1-17(8-7-15(19)5-3-4-6-15)11-13-9-14(10-16)18(2)12-13/h9,12,19H,3-8,11H2,1-2H3. The summed E-state index contributed by atoms with van der Waals surface area (Å²) in [6, 6.07) is 4.11. The van der Waals surface area contributed by atoms with Crippen LogP contribution in [0.4, 0.5) is 0 Å². The minimum atomic E-state index is -0.428. The van der Waals surface area contributed by atoms with Crippen LogP contribution in [-0.2, 0) is 13.6 Å². The molecule has 0 bridgehead atoms. The SMILES string of the molecule is CN(CCC1(O)CCCC1)Cc1cc(C#N)n(C)c1. The van der Waals surface area contributed by atoms with Crippen molar-refractivity contribution in [2.45, 2.75) is 44.2 Å². The quantitative estimate of drug-likeness (QED) is 0.882. The van der Waals surface area contributed by atoms with Crippen molar-refractivity contribution in [1.29, 1.82) is 5.26 Å². The summed E-state index contributed by atoms with van der Waals surface area (Å²) in [5.74, 6) is 0. The molecule has 0 unspecified atom stereocenters. The highest BCUT2D eigenvalue weighted by atomic mass is 16.3. The highest BCUT2D eigenvalue weighted by molar-refractivity contribution is 5.28. The summed E-state index contributed by atoms with van der Waals surface area (Å²) in [7, 11) is 3.96. The number of hydrogen-bond acceptors (Lipinski definition) is 3. The van der Waals surface area contributed by atoms with Gasteiger partial charge >= 0.3 is 0 Å². The molecule has 0 atom stereocenters. The summed E-state index contributed by atoms with van der Waals surface area (Å²) in [6.45, 7) is 1.72. The molecule has 1 fully saturated rings. The molecule has 0 amide bonds. The predicted octanol–water partition coefficient (Wildman–Crippen LogP) is 2.02. The van der Waals surface area contributed by atoms with E-state index in [0.717, 1.165) is 50.8 Å². The molecule has 1 aliphatic carbocycles. The molecular formula is C15H23N3O. The largest absolute Gasteiger partial charge is 0.390 e. The number of aryl methyl sites for hydroxylation is 1. The fourth-order valence-electron chi connectivity index (χ4n) is 2.90. The second-order valence-electron chi connectivity index (χ2n) is 5.88. The third kappa shape index (κ3) is 3.59. The summed E-state index contributed by atoms with van der Waals surface area (Å²) in [5.41, 5.74) is 1.42. The second kappa shape index (κ2) is 5.77. The zero-order valence-electron chi connectivity index (χ0n) is 11.9. The summed E-state index contributed by atoms with van der Waals surface area (Å²) in [6.07, 6.45) is 7.06. The summed E-state index contributed by atoms with van der Waals surface area (Å²) >= 11 is 0. The first-order valence-electron chi connectivity index (χ1n) is 6.99. The van der Waals surface area contributed by atoms with Crippen LogP contribution in [0.2, 0.25) is 0 Å². The maximum atomic E-state index is 10.3. The van der Waals surface area contributed by atoms with E-state index in [9.17, 15) is 5.11 Å². The monoisotopic (exact) mass is 261 g/mol. The number of nitrogens with zero attached hydrogens (tertiary/aromatic N) is 3. The lowest BCUT2D eigenvalue weighted by molar-refractivity contribution is 0.0297. The van der Waals surface area contributed by atoms with E-state index in [1.165, 1.54) is 0 Å². The molecule has 1 N–H and O–H groups in total. The molecule has 4 nitrogen and oxygen atoms in total. The fraction of sp³-hybridized carbons (Fsp3) is 0.667. The van der Waals surface area contributed by atoms with Crippen LogP contribution >= 0.6 is 0 Å². The summed E-state index contributed by atoms with van der Waals surface area (Å²) < 4.78 is 1.85. The van der Waals surface area contributed by atoms with Crippen molar-refractivity contribution in [3.8, 4) is 6.07 Å². The zero-order chi connectivity index (χ0) is 13.9. The Morgan fingerprint density at radius 2 is 2.16 bits per heavy atom. The molecule has 104 valence electrons. The Labute approximate surface area is 115 Å².